The highest BCUT2D eigenvalue weighted by Crippen LogP contribution is 1.80. The van der Waals surface area contributed by atoms with Gasteiger partial charge >= 0.3 is 0 Å². The third-order valence-corrected chi connectivity index (χ3v) is 0.781. The summed E-state index contributed by atoms with van der Waals surface area (Å²) in [6.45, 7) is 1.29. The Balaban J connectivity index is 3.18. The van der Waals surface area contributed by atoms with Gasteiger partial charge in [0.1, 0.15) is 0 Å². The van der Waals surface area contributed by atoms with Gasteiger partial charge in [0.15, 0.2) is 0 Å². The summed E-state index contributed by atoms with van der Waals surface area (Å²) in [5.41, 5.74) is 0. The van der Waals surface area contributed by atoms with E-state index in [-0.39, 0.29) is 6.61 Å². The van der Waals surface area contributed by atoms with E-state index in [4.69, 9.17) is 5.11 Å². The Morgan fingerprint density at radius 2 is 2.25 bits per heavy atom. The molecule has 0 rings (SSSR count). The highest BCUT2D eigenvalue weighted by atomic mass is 32.2. The van der Waals surface area contributed by atoms with Crippen molar-refractivity contribution in [2.75, 3.05) is 6.61 Å². The van der Waals surface area contributed by atoms with Gasteiger partial charge in [-0.2, -0.15) is 0 Å². The van der Waals surface area contributed by atoms with Crippen molar-refractivity contribution in [1.29, 1.82) is 0 Å². The zero-order chi connectivity index (χ0) is 6.57. The number of hydrogen-bond acceptors (Lipinski definition) is 4. The van der Waals surface area contributed by atoms with Crippen LogP contribution in [0.3, 0.4) is 0 Å². The number of aliphatic hydroxyl groups excluding tert-OH is 1. The highest BCUT2D eigenvalue weighted by molar-refractivity contribution is 7.67. The third-order valence-electron chi connectivity index (χ3n) is 0.421. The van der Waals surface area contributed by atoms with E-state index in [9.17, 15) is 8.42 Å². The maximum atomic E-state index is 9.61. The lowest BCUT2D eigenvalue weighted by molar-refractivity contribution is 0.129. The van der Waals surface area contributed by atoms with Crippen molar-refractivity contribution in [2.45, 2.75) is 13.0 Å². The molecular formula is C3H8O4S. The predicted molar refractivity (Wildman–Crippen MR) is 27.9 cm³/mol. The predicted octanol–water partition coefficient (Wildman–Crippen LogP) is -1.09. The van der Waals surface area contributed by atoms with Crippen LogP contribution >= 0.6 is 0 Å². The van der Waals surface area contributed by atoms with Gasteiger partial charge in [-0.25, -0.2) is 8.42 Å². The maximum absolute atomic E-state index is 9.61. The van der Waals surface area contributed by atoms with Crippen molar-refractivity contribution >= 4 is 11.0 Å². The highest BCUT2D eigenvalue weighted by Gasteiger charge is 1.93. The topological polar surface area (TPSA) is 63.6 Å². The molecule has 50 valence electrons. The number of thiol groups is 1. The first-order chi connectivity index (χ1) is 3.63. The quantitative estimate of drug-likeness (QED) is 0.489. The van der Waals surface area contributed by atoms with Crippen LogP contribution in [0.25, 0.3) is 0 Å². The fourth-order valence-electron chi connectivity index (χ4n) is 0.169. The molecule has 0 spiro atoms. The van der Waals surface area contributed by atoms with Gasteiger partial charge in [0.05, 0.1) is 12.7 Å². The largest absolute Gasteiger partial charge is 0.391 e. The Kier molecular flexibility index (Phi) is 3.76. The molecule has 0 aliphatic rings. The maximum Gasteiger partial charge on any atom is 0.257 e. The van der Waals surface area contributed by atoms with Gasteiger partial charge in [-0.1, -0.05) is 0 Å². The second-order valence-corrected chi connectivity index (χ2v) is 2.07. The first-order valence-corrected chi connectivity index (χ1v) is 3.18. The molecular weight excluding hydrogens is 132 g/mol. The first kappa shape index (κ1) is 7.87. The van der Waals surface area contributed by atoms with E-state index >= 15 is 0 Å². The van der Waals surface area contributed by atoms with E-state index < -0.39 is 17.1 Å². The zero-order valence-corrected chi connectivity index (χ0v) is 5.30. The monoisotopic (exact) mass is 140 g/mol. The Morgan fingerprint density at radius 1 is 1.75 bits per heavy atom. The molecule has 1 unspecified atom stereocenters. The van der Waals surface area contributed by atoms with Crippen LogP contribution < -0.4 is 0 Å². The van der Waals surface area contributed by atoms with E-state index in [1.807, 2.05) is 0 Å². The molecule has 0 aliphatic carbocycles. The average molecular weight is 140 g/mol. The summed E-state index contributed by atoms with van der Waals surface area (Å²) in [6.07, 6.45) is -0.720. The lowest BCUT2D eigenvalue weighted by Crippen LogP contribution is -2.08. The SMILES string of the molecule is CC(O)CO[SH](=O)=O. The Labute approximate surface area is 49.2 Å². The number of aliphatic hydroxyl groups is 1. The van der Waals surface area contributed by atoms with E-state index in [1.54, 1.807) is 0 Å². The number of rotatable bonds is 3. The van der Waals surface area contributed by atoms with Crippen LogP contribution in [-0.4, -0.2) is 26.2 Å². The summed E-state index contributed by atoms with van der Waals surface area (Å²) < 4.78 is 23.2. The lowest BCUT2D eigenvalue weighted by atomic mass is 10.5. The van der Waals surface area contributed by atoms with Crippen LogP contribution in [0.1, 0.15) is 6.92 Å². The third kappa shape index (κ3) is 5.87. The number of hydrogen-bond donors (Lipinski definition) is 2. The molecule has 5 heteroatoms. The fourth-order valence-corrected chi connectivity index (χ4v) is 0.506. The van der Waals surface area contributed by atoms with Crippen LogP contribution in [0.15, 0.2) is 0 Å². The van der Waals surface area contributed by atoms with Gasteiger partial charge in [0.25, 0.3) is 11.0 Å². The molecule has 0 aliphatic heterocycles. The molecule has 4 nitrogen and oxygen atoms in total. The summed E-state index contributed by atoms with van der Waals surface area (Å²) in [7, 11) is -2.79. The van der Waals surface area contributed by atoms with Crippen molar-refractivity contribution in [3.8, 4) is 0 Å². The normalized spacial score (nSPS) is 14.4. The fraction of sp³-hybridized carbons (Fsp3) is 1.00. The first-order valence-electron chi connectivity index (χ1n) is 2.08. The van der Waals surface area contributed by atoms with Crippen LogP contribution in [-0.2, 0) is 15.2 Å². The second-order valence-electron chi connectivity index (χ2n) is 1.37. The standard InChI is InChI=1S/C3H8O4S/c1-3(4)2-7-8(5)6/h3-4,8H,2H2,1H3. The Hall–Kier alpha value is -0.130. The van der Waals surface area contributed by atoms with Crippen LogP contribution in [0.5, 0.6) is 0 Å². The van der Waals surface area contributed by atoms with Gasteiger partial charge in [0, 0.05) is 0 Å². The Morgan fingerprint density at radius 3 is 2.38 bits per heavy atom. The minimum absolute atomic E-state index is 0.154. The molecule has 0 fully saturated rings. The van der Waals surface area contributed by atoms with Crippen molar-refractivity contribution in [3.05, 3.63) is 0 Å². The minimum Gasteiger partial charge on any atom is -0.391 e. The van der Waals surface area contributed by atoms with Crippen LogP contribution in [0.2, 0.25) is 0 Å². The van der Waals surface area contributed by atoms with Gasteiger partial charge < -0.3 is 5.11 Å². The molecule has 0 bridgehead atoms. The molecule has 0 heterocycles. The smallest absolute Gasteiger partial charge is 0.257 e. The van der Waals surface area contributed by atoms with Gasteiger partial charge in [-0.3, -0.25) is 4.18 Å². The minimum atomic E-state index is -2.79. The van der Waals surface area contributed by atoms with Crippen molar-refractivity contribution < 1.29 is 17.7 Å². The molecule has 1 atom stereocenters. The molecule has 0 aromatic rings. The second kappa shape index (κ2) is 3.82. The molecule has 8 heavy (non-hydrogen) atoms. The van der Waals surface area contributed by atoms with Crippen molar-refractivity contribution in [2.24, 2.45) is 0 Å². The van der Waals surface area contributed by atoms with Gasteiger partial charge in [-0.15, -0.1) is 0 Å². The van der Waals surface area contributed by atoms with Gasteiger partial charge in [0.2, 0.25) is 0 Å². The van der Waals surface area contributed by atoms with Crippen LogP contribution in [0, 0.1) is 0 Å². The summed E-state index contributed by atoms with van der Waals surface area (Å²) >= 11 is 0. The summed E-state index contributed by atoms with van der Waals surface area (Å²) in [5.74, 6) is 0. The lowest BCUT2D eigenvalue weighted by Gasteiger charge is -1.96. The summed E-state index contributed by atoms with van der Waals surface area (Å²) in [6, 6.07) is 0. The molecule has 0 aromatic carbocycles. The Bertz CT molecular complexity index is 108. The average Bonchev–Trinajstić information content (AvgIpc) is 1.61. The van der Waals surface area contributed by atoms with Crippen molar-refractivity contribution in [3.63, 3.8) is 0 Å². The molecule has 0 radical (unpaired) electrons. The molecule has 1 N–H and O–H groups in total. The summed E-state index contributed by atoms with van der Waals surface area (Å²) in [5, 5.41) is 8.41. The van der Waals surface area contributed by atoms with E-state index in [1.165, 1.54) is 6.92 Å². The molecule has 0 saturated heterocycles. The van der Waals surface area contributed by atoms with E-state index in [0.29, 0.717) is 0 Å². The molecule has 0 saturated carbocycles. The molecule has 0 amide bonds. The summed E-state index contributed by atoms with van der Waals surface area (Å²) in [4.78, 5) is 0. The van der Waals surface area contributed by atoms with Crippen LogP contribution in [0.4, 0.5) is 0 Å². The van der Waals surface area contributed by atoms with E-state index in [0.717, 1.165) is 0 Å². The zero-order valence-electron chi connectivity index (χ0n) is 4.40. The van der Waals surface area contributed by atoms with Crippen molar-refractivity contribution in [1.82, 2.24) is 0 Å². The van der Waals surface area contributed by atoms with Gasteiger partial charge in [-0.05, 0) is 6.92 Å². The molecule has 0 aromatic heterocycles. The van der Waals surface area contributed by atoms with E-state index in [2.05, 4.69) is 4.18 Å².